The second-order valence-corrected chi connectivity index (χ2v) is 7.94. The molecule has 1 aromatic heterocycles. The highest BCUT2D eigenvalue weighted by atomic mass is 19.2. The molecule has 0 aliphatic carbocycles. The van der Waals surface area contributed by atoms with Crippen LogP contribution >= 0.6 is 0 Å². The van der Waals surface area contributed by atoms with E-state index in [9.17, 15) is 8.78 Å². The van der Waals surface area contributed by atoms with E-state index in [1.54, 1.807) is 18.2 Å². The molecular formula is C25H23F2N3O. The third kappa shape index (κ3) is 4.89. The zero-order chi connectivity index (χ0) is 21.8. The van der Waals surface area contributed by atoms with Crippen LogP contribution in [0.15, 0.2) is 66.9 Å². The second kappa shape index (κ2) is 9.23. The van der Waals surface area contributed by atoms with Crippen molar-refractivity contribution in [1.29, 1.82) is 5.26 Å². The number of hydrogen-bond acceptors (Lipinski definition) is 4. The van der Waals surface area contributed by atoms with Gasteiger partial charge in [-0.25, -0.2) is 13.8 Å². The Bertz CT molecular complexity index is 1070. The van der Waals surface area contributed by atoms with Crippen LogP contribution in [0.1, 0.15) is 29.5 Å². The van der Waals surface area contributed by atoms with E-state index in [1.807, 2.05) is 31.2 Å². The maximum Gasteiger partial charge on any atom is 0.213 e. The Hall–Kier alpha value is -3.30. The molecule has 3 aromatic rings. The molecule has 2 aromatic carbocycles. The van der Waals surface area contributed by atoms with Gasteiger partial charge in [0.05, 0.1) is 5.56 Å². The molecule has 0 amide bonds. The summed E-state index contributed by atoms with van der Waals surface area (Å²) in [5, 5.41) is 8.94. The van der Waals surface area contributed by atoms with Gasteiger partial charge in [-0.05, 0) is 36.2 Å². The number of hydrogen-bond donors (Lipinski definition) is 0. The van der Waals surface area contributed by atoms with Crippen molar-refractivity contribution in [2.24, 2.45) is 5.92 Å². The Labute approximate surface area is 180 Å². The molecule has 31 heavy (non-hydrogen) atoms. The Morgan fingerprint density at radius 2 is 1.90 bits per heavy atom. The van der Waals surface area contributed by atoms with Gasteiger partial charge >= 0.3 is 0 Å². The standard InChI is InChI=1S/C25H23F2N3O/c1-17(31-25-10-7-19(12-28)13-29-25)21-15-30(14-18-5-3-2-4-6-18)16-22(21)20-8-9-23(26)24(27)11-20/h2-11,13,17,21-22H,14-16H2,1H3/t17-,21?,22?/m0/s1. The van der Waals surface area contributed by atoms with Crippen LogP contribution in [-0.2, 0) is 6.54 Å². The van der Waals surface area contributed by atoms with Crippen LogP contribution in [0.3, 0.4) is 0 Å². The normalized spacial score (nSPS) is 19.7. The van der Waals surface area contributed by atoms with Gasteiger partial charge in [-0.2, -0.15) is 5.26 Å². The summed E-state index contributed by atoms with van der Waals surface area (Å²) in [6, 6.07) is 19.7. The minimum atomic E-state index is -0.842. The van der Waals surface area contributed by atoms with E-state index in [-0.39, 0.29) is 17.9 Å². The van der Waals surface area contributed by atoms with Crippen molar-refractivity contribution in [2.75, 3.05) is 13.1 Å². The highest BCUT2D eigenvalue weighted by molar-refractivity contribution is 5.29. The topological polar surface area (TPSA) is 49.1 Å². The van der Waals surface area contributed by atoms with Crippen LogP contribution in [-0.4, -0.2) is 29.1 Å². The number of benzene rings is 2. The molecule has 3 atom stereocenters. The molecule has 1 saturated heterocycles. The average Bonchev–Trinajstić information content (AvgIpc) is 3.21. The van der Waals surface area contributed by atoms with Crippen molar-refractivity contribution in [3.05, 3.63) is 95.2 Å². The molecule has 4 nitrogen and oxygen atoms in total. The van der Waals surface area contributed by atoms with E-state index < -0.39 is 11.6 Å². The van der Waals surface area contributed by atoms with Gasteiger partial charge in [-0.1, -0.05) is 36.4 Å². The van der Waals surface area contributed by atoms with Gasteiger partial charge in [0.2, 0.25) is 5.88 Å². The summed E-state index contributed by atoms with van der Waals surface area (Å²) in [7, 11) is 0. The fourth-order valence-corrected chi connectivity index (χ4v) is 4.25. The molecule has 1 fully saturated rings. The largest absolute Gasteiger partial charge is 0.474 e. The predicted octanol–water partition coefficient (Wildman–Crippen LogP) is 4.91. The Balaban J connectivity index is 1.56. The molecule has 2 unspecified atom stereocenters. The van der Waals surface area contributed by atoms with Crippen molar-refractivity contribution in [3.8, 4) is 11.9 Å². The van der Waals surface area contributed by atoms with Gasteiger partial charge in [0.15, 0.2) is 11.6 Å². The van der Waals surface area contributed by atoms with Gasteiger partial charge < -0.3 is 4.74 Å². The molecular weight excluding hydrogens is 396 g/mol. The maximum atomic E-state index is 14.0. The summed E-state index contributed by atoms with van der Waals surface area (Å²) >= 11 is 0. The Morgan fingerprint density at radius 3 is 2.58 bits per heavy atom. The van der Waals surface area contributed by atoms with Crippen LogP contribution in [0.5, 0.6) is 5.88 Å². The lowest BCUT2D eigenvalue weighted by atomic mass is 9.85. The minimum absolute atomic E-state index is 0.00723. The number of rotatable bonds is 6. The number of nitrogens with zero attached hydrogens (tertiary/aromatic N) is 3. The summed E-state index contributed by atoms with van der Waals surface area (Å²) in [4.78, 5) is 6.52. The van der Waals surface area contributed by atoms with Crippen LogP contribution in [0, 0.1) is 28.9 Å². The quantitative estimate of drug-likeness (QED) is 0.569. The lowest BCUT2D eigenvalue weighted by molar-refractivity contribution is 0.138. The van der Waals surface area contributed by atoms with E-state index in [1.165, 1.54) is 23.9 Å². The van der Waals surface area contributed by atoms with E-state index in [0.29, 0.717) is 11.4 Å². The number of nitriles is 1. The van der Waals surface area contributed by atoms with Gasteiger partial charge in [-0.3, -0.25) is 4.90 Å². The summed E-state index contributed by atoms with van der Waals surface area (Å²) < 4.78 is 33.6. The molecule has 0 saturated carbocycles. The van der Waals surface area contributed by atoms with E-state index in [0.717, 1.165) is 25.2 Å². The van der Waals surface area contributed by atoms with Gasteiger partial charge in [0, 0.05) is 43.7 Å². The van der Waals surface area contributed by atoms with Crippen molar-refractivity contribution in [2.45, 2.75) is 25.5 Å². The summed E-state index contributed by atoms with van der Waals surface area (Å²) in [6.07, 6.45) is 1.27. The SMILES string of the molecule is C[C@H](Oc1ccc(C#N)cn1)C1CN(Cc2ccccc2)CC1c1ccc(F)c(F)c1. The molecule has 4 rings (SSSR count). The molecule has 0 bridgehead atoms. The molecule has 1 aliphatic rings. The molecule has 1 aliphatic heterocycles. The van der Waals surface area contributed by atoms with Crippen molar-refractivity contribution in [3.63, 3.8) is 0 Å². The van der Waals surface area contributed by atoms with Crippen LogP contribution in [0.25, 0.3) is 0 Å². The van der Waals surface area contributed by atoms with Crippen LogP contribution in [0.2, 0.25) is 0 Å². The first-order valence-electron chi connectivity index (χ1n) is 10.3. The average molecular weight is 419 g/mol. The molecule has 158 valence electrons. The molecule has 0 N–H and O–H groups in total. The Kier molecular flexibility index (Phi) is 6.24. The van der Waals surface area contributed by atoms with Crippen LogP contribution in [0.4, 0.5) is 8.78 Å². The lowest BCUT2D eigenvalue weighted by Gasteiger charge is -2.25. The van der Waals surface area contributed by atoms with Crippen molar-refractivity contribution < 1.29 is 13.5 Å². The lowest BCUT2D eigenvalue weighted by Crippen LogP contribution is -2.30. The van der Waals surface area contributed by atoms with E-state index >= 15 is 0 Å². The maximum absolute atomic E-state index is 14.0. The van der Waals surface area contributed by atoms with Crippen molar-refractivity contribution in [1.82, 2.24) is 9.88 Å². The van der Waals surface area contributed by atoms with Gasteiger partial charge in [0.1, 0.15) is 12.2 Å². The summed E-state index contributed by atoms with van der Waals surface area (Å²) in [5.74, 6) is -1.18. The molecule has 2 heterocycles. The predicted molar refractivity (Wildman–Crippen MR) is 113 cm³/mol. The number of aromatic nitrogens is 1. The van der Waals surface area contributed by atoms with E-state index in [2.05, 4.69) is 22.0 Å². The third-order valence-electron chi connectivity index (χ3n) is 5.84. The molecule has 6 heteroatoms. The number of ether oxygens (including phenoxy) is 1. The summed E-state index contributed by atoms with van der Waals surface area (Å²) in [5.41, 5.74) is 2.44. The first-order valence-corrected chi connectivity index (χ1v) is 10.3. The van der Waals surface area contributed by atoms with Crippen molar-refractivity contribution >= 4 is 0 Å². The molecule has 0 spiro atoms. The Morgan fingerprint density at radius 1 is 1.10 bits per heavy atom. The fraction of sp³-hybridized carbons (Fsp3) is 0.280. The highest BCUT2D eigenvalue weighted by Gasteiger charge is 2.38. The first-order chi connectivity index (χ1) is 15.0. The molecule has 0 radical (unpaired) electrons. The third-order valence-corrected chi connectivity index (χ3v) is 5.84. The summed E-state index contributed by atoms with van der Waals surface area (Å²) in [6.45, 7) is 4.23. The fourth-order valence-electron chi connectivity index (χ4n) is 4.25. The van der Waals surface area contributed by atoms with Gasteiger partial charge in [-0.15, -0.1) is 0 Å². The van der Waals surface area contributed by atoms with E-state index in [4.69, 9.17) is 10.00 Å². The second-order valence-electron chi connectivity index (χ2n) is 7.94. The minimum Gasteiger partial charge on any atom is -0.474 e. The number of halogens is 2. The van der Waals surface area contributed by atoms with Gasteiger partial charge in [0.25, 0.3) is 0 Å². The zero-order valence-electron chi connectivity index (χ0n) is 17.2. The first kappa shape index (κ1) is 21.0. The monoisotopic (exact) mass is 419 g/mol. The smallest absolute Gasteiger partial charge is 0.213 e. The van der Waals surface area contributed by atoms with Crippen LogP contribution < -0.4 is 4.74 Å². The zero-order valence-corrected chi connectivity index (χ0v) is 17.2. The number of likely N-dealkylation sites (tertiary alicyclic amines) is 1. The highest BCUT2D eigenvalue weighted by Crippen LogP contribution is 2.37. The number of pyridine rings is 1.